The van der Waals surface area contributed by atoms with E-state index in [1.165, 1.54) is 0 Å². The highest BCUT2D eigenvalue weighted by molar-refractivity contribution is 5.81. The molecule has 0 bridgehead atoms. The molecule has 7 heteroatoms. The molecule has 0 heterocycles. The third-order valence-corrected chi connectivity index (χ3v) is 8.19. The van der Waals surface area contributed by atoms with Crippen molar-refractivity contribution in [3.63, 3.8) is 0 Å². The number of ether oxygens (including phenoxy) is 2. The number of alkyl carbamates (subject to hydrolysis) is 1. The summed E-state index contributed by atoms with van der Waals surface area (Å²) in [6.07, 6.45) is -0.345. The number of amides is 1. The average Bonchev–Trinajstić information content (AvgIpc) is 3.51. The molecule has 2 unspecified atom stereocenters. The van der Waals surface area contributed by atoms with Crippen LogP contribution in [-0.2, 0) is 14.3 Å². The number of fused-ring (bicyclic) bond motifs is 6. The summed E-state index contributed by atoms with van der Waals surface area (Å²) in [6.45, 7) is 0.551. The quantitative estimate of drug-likeness (QED) is 0.256. The molecule has 0 aliphatic heterocycles. The van der Waals surface area contributed by atoms with Crippen molar-refractivity contribution in [2.45, 2.75) is 30.3 Å². The van der Waals surface area contributed by atoms with Crippen LogP contribution in [0.5, 0.6) is 0 Å². The number of carbonyl (C=O) groups excluding carboxylic acids is 2. The first-order valence-electron chi connectivity index (χ1n) is 14.0. The highest BCUT2D eigenvalue weighted by Gasteiger charge is 2.33. The van der Waals surface area contributed by atoms with Gasteiger partial charge in [-0.15, -0.1) is 0 Å². The van der Waals surface area contributed by atoms with E-state index in [1.54, 1.807) is 0 Å². The lowest BCUT2D eigenvalue weighted by atomic mass is 9.98. The Morgan fingerprint density at radius 2 is 1.05 bits per heavy atom. The van der Waals surface area contributed by atoms with E-state index in [1.807, 2.05) is 48.5 Å². The van der Waals surface area contributed by atoms with Crippen LogP contribution in [0.3, 0.4) is 0 Å². The summed E-state index contributed by atoms with van der Waals surface area (Å²) in [7, 11) is 0. The molecule has 1 amide bonds. The van der Waals surface area contributed by atoms with E-state index in [4.69, 9.17) is 20.9 Å². The lowest BCUT2D eigenvalue weighted by Gasteiger charge is -2.24. The molecule has 0 fully saturated rings. The maximum atomic E-state index is 13.1. The van der Waals surface area contributed by atoms with E-state index in [9.17, 15) is 9.59 Å². The molecular weight excluding hydrogens is 514 g/mol. The normalized spacial score (nSPS) is 14.8. The second kappa shape index (κ2) is 11.6. The zero-order valence-electron chi connectivity index (χ0n) is 22.7. The van der Waals surface area contributed by atoms with Gasteiger partial charge < -0.3 is 26.3 Å². The first-order chi connectivity index (χ1) is 20.1. The zero-order valence-corrected chi connectivity index (χ0v) is 22.7. The number of esters is 1. The average molecular weight is 548 g/mol. The molecule has 2 aliphatic carbocycles. The topological polar surface area (TPSA) is 117 Å². The molecule has 4 aromatic rings. The lowest BCUT2D eigenvalue weighted by Crippen LogP contribution is -2.53. The summed E-state index contributed by atoms with van der Waals surface area (Å²) in [6, 6.07) is 30.7. The maximum absolute atomic E-state index is 13.1. The Hall–Kier alpha value is -4.46. The molecule has 6 rings (SSSR count). The van der Waals surface area contributed by atoms with Gasteiger partial charge in [0.25, 0.3) is 0 Å². The molecule has 2 atom stereocenters. The minimum absolute atomic E-state index is 0.0723. The van der Waals surface area contributed by atoms with E-state index >= 15 is 0 Å². The van der Waals surface area contributed by atoms with Gasteiger partial charge in [0, 0.05) is 11.8 Å². The van der Waals surface area contributed by atoms with Crippen LogP contribution in [-0.4, -0.2) is 43.9 Å². The first kappa shape index (κ1) is 26.7. The van der Waals surface area contributed by atoms with Crippen LogP contribution >= 0.6 is 0 Å². The first-order valence-corrected chi connectivity index (χ1v) is 14.0. The SMILES string of the molecule is NCCC(NC(=O)OCC1c2ccccc2-c2ccccc21)C(N)C(=O)OCC1c2ccccc2-c2ccccc21. The van der Waals surface area contributed by atoms with E-state index in [0.717, 1.165) is 44.5 Å². The molecule has 4 aromatic carbocycles. The molecule has 0 spiro atoms. The van der Waals surface area contributed by atoms with E-state index in [0.29, 0.717) is 6.42 Å². The Kier molecular flexibility index (Phi) is 7.55. The minimum Gasteiger partial charge on any atom is -0.463 e. The molecule has 0 radical (unpaired) electrons. The van der Waals surface area contributed by atoms with Crippen molar-refractivity contribution in [1.29, 1.82) is 0 Å². The highest BCUT2D eigenvalue weighted by Crippen LogP contribution is 2.45. The van der Waals surface area contributed by atoms with Crippen LogP contribution in [0.15, 0.2) is 97.1 Å². The minimum atomic E-state index is -1.09. The van der Waals surface area contributed by atoms with Gasteiger partial charge in [0.05, 0.1) is 6.04 Å². The molecule has 208 valence electrons. The van der Waals surface area contributed by atoms with Gasteiger partial charge in [-0.05, 0) is 57.5 Å². The summed E-state index contributed by atoms with van der Waals surface area (Å²) >= 11 is 0. The van der Waals surface area contributed by atoms with Crippen molar-refractivity contribution in [3.05, 3.63) is 119 Å². The Balaban J connectivity index is 1.08. The fourth-order valence-electron chi connectivity index (χ4n) is 6.18. The van der Waals surface area contributed by atoms with Crippen LogP contribution in [0, 0.1) is 0 Å². The van der Waals surface area contributed by atoms with E-state index < -0.39 is 24.1 Å². The van der Waals surface area contributed by atoms with Gasteiger partial charge in [0.1, 0.15) is 19.3 Å². The zero-order chi connectivity index (χ0) is 28.3. The number of benzene rings is 4. The molecule has 0 saturated carbocycles. The van der Waals surface area contributed by atoms with Gasteiger partial charge in [-0.2, -0.15) is 0 Å². The molecule has 5 N–H and O–H groups in total. The largest absolute Gasteiger partial charge is 0.463 e. The van der Waals surface area contributed by atoms with Crippen LogP contribution in [0.25, 0.3) is 22.3 Å². The van der Waals surface area contributed by atoms with Crippen LogP contribution in [0.1, 0.15) is 40.5 Å². The number of carbonyl (C=O) groups is 2. The molecular formula is C34H33N3O4. The summed E-state index contributed by atoms with van der Waals surface area (Å²) in [5, 5.41) is 2.76. The third-order valence-electron chi connectivity index (χ3n) is 8.19. The number of nitrogens with one attached hydrogen (secondary N) is 1. The van der Waals surface area contributed by atoms with Crippen molar-refractivity contribution in [2.24, 2.45) is 11.5 Å². The lowest BCUT2D eigenvalue weighted by molar-refractivity contribution is -0.146. The molecule has 41 heavy (non-hydrogen) atoms. The third kappa shape index (κ3) is 5.10. The summed E-state index contributed by atoms with van der Waals surface area (Å²) in [5.74, 6) is -0.747. The van der Waals surface area contributed by atoms with Crippen molar-refractivity contribution >= 4 is 12.1 Å². The summed E-state index contributed by atoms with van der Waals surface area (Å²) < 4.78 is 11.4. The highest BCUT2D eigenvalue weighted by atomic mass is 16.5. The number of hydrogen-bond acceptors (Lipinski definition) is 6. The molecule has 0 aromatic heterocycles. The second-order valence-electron chi connectivity index (χ2n) is 10.5. The second-order valence-corrected chi connectivity index (χ2v) is 10.5. The predicted octanol–water partition coefficient (Wildman–Crippen LogP) is 4.93. The summed E-state index contributed by atoms with van der Waals surface area (Å²) in [5.41, 5.74) is 21.2. The molecule has 7 nitrogen and oxygen atoms in total. The van der Waals surface area contributed by atoms with Crippen LogP contribution in [0.2, 0.25) is 0 Å². The maximum Gasteiger partial charge on any atom is 0.407 e. The van der Waals surface area contributed by atoms with Gasteiger partial charge in [0.2, 0.25) is 0 Å². The Morgan fingerprint density at radius 3 is 1.46 bits per heavy atom. The fraction of sp³-hybridized carbons (Fsp3) is 0.235. The Morgan fingerprint density at radius 1 is 0.659 bits per heavy atom. The summed E-state index contributed by atoms with van der Waals surface area (Å²) in [4.78, 5) is 26.0. The monoisotopic (exact) mass is 547 g/mol. The van der Waals surface area contributed by atoms with Crippen molar-refractivity contribution in [2.75, 3.05) is 19.8 Å². The molecule has 2 aliphatic rings. The Bertz CT molecular complexity index is 1490. The van der Waals surface area contributed by atoms with Gasteiger partial charge >= 0.3 is 12.1 Å². The van der Waals surface area contributed by atoms with E-state index in [-0.39, 0.29) is 31.6 Å². The van der Waals surface area contributed by atoms with Crippen molar-refractivity contribution in [1.82, 2.24) is 5.32 Å². The Labute approximate surface area is 239 Å². The van der Waals surface area contributed by atoms with Crippen molar-refractivity contribution < 1.29 is 19.1 Å². The van der Waals surface area contributed by atoms with Gasteiger partial charge in [-0.1, -0.05) is 97.1 Å². The molecule has 0 saturated heterocycles. The van der Waals surface area contributed by atoms with E-state index in [2.05, 4.69) is 53.8 Å². The van der Waals surface area contributed by atoms with Gasteiger partial charge in [-0.3, -0.25) is 4.79 Å². The van der Waals surface area contributed by atoms with Crippen LogP contribution < -0.4 is 16.8 Å². The fourth-order valence-corrected chi connectivity index (χ4v) is 6.18. The smallest absolute Gasteiger partial charge is 0.407 e. The van der Waals surface area contributed by atoms with Crippen molar-refractivity contribution in [3.8, 4) is 22.3 Å². The van der Waals surface area contributed by atoms with Gasteiger partial charge in [-0.25, -0.2) is 4.79 Å². The van der Waals surface area contributed by atoms with Gasteiger partial charge in [0.15, 0.2) is 0 Å². The predicted molar refractivity (Wildman–Crippen MR) is 158 cm³/mol. The standard InChI is InChI=1S/C34H33N3O4/c35-18-17-31(37-34(39)41-20-30-27-15-7-3-11-23(27)24-12-4-8-16-28(24)30)32(36)33(38)40-19-29-25-13-5-1-9-21(25)22-10-2-6-14-26(22)29/h1-16,29-32H,17-20,35-36H2,(H,37,39). The number of nitrogens with two attached hydrogens (primary N) is 2. The number of rotatable bonds is 9. The number of hydrogen-bond donors (Lipinski definition) is 3. The van der Waals surface area contributed by atoms with Crippen LogP contribution in [0.4, 0.5) is 4.79 Å².